The standard InChI is InChI=1S/C14H25N3S/c1-5-12-13(8-15-4)18-14(16-12)17-9-10(2)6-7-11(17)3/h10-11,15H,5-9H2,1-4H3. The lowest BCUT2D eigenvalue weighted by molar-refractivity contribution is 0.390. The molecule has 1 N–H and O–H groups in total. The summed E-state index contributed by atoms with van der Waals surface area (Å²) in [6.07, 6.45) is 3.68. The van der Waals surface area contributed by atoms with Gasteiger partial charge in [-0.3, -0.25) is 0 Å². The van der Waals surface area contributed by atoms with Crippen LogP contribution in [0.5, 0.6) is 0 Å². The first-order chi connectivity index (χ1) is 8.65. The third-order valence-corrected chi connectivity index (χ3v) is 4.94. The Morgan fingerprint density at radius 2 is 2.17 bits per heavy atom. The van der Waals surface area contributed by atoms with E-state index in [1.807, 2.05) is 18.4 Å². The van der Waals surface area contributed by atoms with Gasteiger partial charge in [0, 0.05) is 24.0 Å². The zero-order valence-corrected chi connectivity index (χ0v) is 12.8. The van der Waals surface area contributed by atoms with Crippen molar-refractivity contribution in [3.8, 4) is 0 Å². The van der Waals surface area contributed by atoms with Gasteiger partial charge in [0.2, 0.25) is 0 Å². The van der Waals surface area contributed by atoms with Crippen LogP contribution in [0.1, 0.15) is 44.2 Å². The average molecular weight is 267 g/mol. The number of hydrogen-bond donors (Lipinski definition) is 1. The second kappa shape index (κ2) is 6.02. The van der Waals surface area contributed by atoms with Gasteiger partial charge >= 0.3 is 0 Å². The number of aryl methyl sites for hydroxylation is 1. The first kappa shape index (κ1) is 13.8. The van der Waals surface area contributed by atoms with Crippen molar-refractivity contribution >= 4 is 16.5 Å². The molecule has 1 aliphatic heterocycles. The van der Waals surface area contributed by atoms with Gasteiger partial charge in [0.1, 0.15) is 0 Å². The number of aromatic nitrogens is 1. The lowest BCUT2D eigenvalue weighted by atomic mass is 9.96. The number of anilines is 1. The van der Waals surface area contributed by atoms with Crippen molar-refractivity contribution in [2.45, 2.75) is 52.6 Å². The van der Waals surface area contributed by atoms with Gasteiger partial charge in [-0.05, 0) is 39.2 Å². The van der Waals surface area contributed by atoms with Crippen LogP contribution in [0.4, 0.5) is 5.13 Å². The number of hydrogen-bond acceptors (Lipinski definition) is 4. The van der Waals surface area contributed by atoms with Crippen LogP contribution in [-0.2, 0) is 13.0 Å². The number of thiazole rings is 1. The third kappa shape index (κ3) is 2.86. The second-order valence-corrected chi connectivity index (χ2v) is 6.50. The van der Waals surface area contributed by atoms with Gasteiger partial charge in [0.05, 0.1) is 5.69 Å². The number of piperidine rings is 1. The second-order valence-electron chi connectivity index (χ2n) is 5.43. The minimum atomic E-state index is 0.638. The van der Waals surface area contributed by atoms with Gasteiger partial charge in [-0.15, -0.1) is 11.3 Å². The number of nitrogens with one attached hydrogen (secondary N) is 1. The maximum atomic E-state index is 4.86. The minimum Gasteiger partial charge on any atom is -0.345 e. The van der Waals surface area contributed by atoms with Crippen LogP contribution >= 0.6 is 11.3 Å². The molecular weight excluding hydrogens is 242 g/mol. The molecule has 0 aromatic carbocycles. The van der Waals surface area contributed by atoms with E-state index in [0.717, 1.165) is 25.4 Å². The summed E-state index contributed by atoms with van der Waals surface area (Å²) in [7, 11) is 2.00. The quantitative estimate of drug-likeness (QED) is 0.909. The molecule has 1 saturated heterocycles. The first-order valence-corrected chi connectivity index (χ1v) is 7.87. The van der Waals surface area contributed by atoms with Crippen molar-refractivity contribution < 1.29 is 0 Å². The maximum absolute atomic E-state index is 4.86. The van der Waals surface area contributed by atoms with Gasteiger partial charge in [-0.2, -0.15) is 0 Å². The van der Waals surface area contributed by atoms with Crippen molar-refractivity contribution in [1.82, 2.24) is 10.3 Å². The zero-order valence-electron chi connectivity index (χ0n) is 12.0. The van der Waals surface area contributed by atoms with Gasteiger partial charge in [-0.25, -0.2) is 4.98 Å². The van der Waals surface area contributed by atoms with E-state index in [1.54, 1.807) is 0 Å². The van der Waals surface area contributed by atoms with Crippen LogP contribution in [0.25, 0.3) is 0 Å². The fourth-order valence-electron chi connectivity index (χ4n) is 2.62. The molecule has 3 nitrogen and oxygen atoms in total. The molecule has 18 heavy (non-hydrogen) atoms. The Hall–Kier alpha value is -0.610. The summed E-state index contributed by atoms with van der Waals surface area (Å²) in [6.45, 7) is 8.98. The summed E-state index contributed by atoms with van der Waals surface area (Å²) in [4.78, 5) is 8.77. The fourth-order valence-corrected chi connectivity index (χ4v) is 3.89. The Kier molecular flexibility index (Phi) is 4.62. The van der Waals surface area contributed by atoms with E-state index >= 15 is 0 Å². The van der Waals surface area contributed by atoms with Crippen LogP contribution in [-0.4, -0.2) is 24.6 Å². The maximum Gasteiger partial charge on any atom is 0.186 e. The summed E-state index contributed by atoms with van der Waals surface area (Å²) in [5.74, 6) is 0.794. The molecule has 0 spiro atoms. The topological polar surface area (TPSA) is 28.2 Å². The lowest BCUT2D eigenvalue weighted by Crippen LogP contribution is -2.41. The first-order valence-electron chi connectivity index (χ1n) is 7.05. The van der Waals surface area contributed by atoms with E-state index in [-0.39, 0.29) is 0 Å². The van der Waals surface area contributed by atoms with Gasteiger partial charge in [0.25, 0.3) is 0 Å². The van der Waals surface area contributed by atoms with Crippen LogP contribution in [0.3, 0.4) is 0 Å². The highest BCUT2D eigenvalue weighted by Crippen LogP contribution is 2.32. The molecule has 2 rings (SSSR count). The molecule has 102 valence electrons. The van der Waals surface area contributed by atoms with Gasteiger partial charge < -0.3 is 10.2 Å². The van der Waals surface area contributed by atoms with Crippen LogP contribution in [0, 0.1) is 5.92 Å². The van der Waals surface area contributed by atoms with Crippen molar-refractivity contribution in [3.05, 3.63) is 10.6 Å². The van der Waals surface area contributed by atoms with Crippen LogP contribution < -0.4 is 10.2 Å². The predicted molar refractivity (Wildman–Crippen MR) is 79.5 cm³/mol. The van der Waals surface area contributed by atoms with Crippen LogP contribution in [0.15, 0.2) is 0 Å². The molecule has 1 aliphatic rings. The highest BCUT2D eigenvalue weighted by molar-refractivity contribution is 7.15. The number of nitrogens with zero attached hydrogens (tertiary/aromatic N) is 2. The Morgan fingerprint density at radius 1 is 1.39 bits per heavy atom. The molecular formula is C14H25N3S. The molecule has 1 aromatic rings. The highest BCUT2D eigenvalue weighted by atomic mass is 32.1. The molecule has 0 amide bonds. The van der Waals surface area contributed by atoms with E-state index in [4.69, 9.17) is 4.98 Å². The van der Waals surface area contributed by atoms with E-state index < -0.39 is 0 Å². The Bertz CT molecular complexity index is 388. The molecule has 2 heterocycles. The van der Waals surface area contributed by atoms with Crippen molar-refractivity contribution in [2.24, 2.45) is 5.92 Å². The van der Waals surface area contributed by atoms with Crippen molar-refractivity contribution in [1.29, 1.82) is 0 Å². The summed E-state index contributed by atoms with van der Waals surface area (Å²) >= 11 is 1.87. The SMILES string of the molecule is CCc1nc(N2CC(C)CCC2C)sc1CNC. The molecule has 4 heteroatoms. The van der Waals surface area contributed by atoms with Crippen molar-refractivity contribution in [3.63, 3.8) is 0 Å². The van der Waals surface area contributed by atoms with E-state index in [9.17, 15) is 0 Å². The summed E-state index contributed by atoms with van der Waals surface area (Å²) in [5, 5.41) is 4.48. The van der Waals surface area contributed by atoms with Gasteiger partial charge in [-0.1, -0.05) is 13.8 Å². The minimum absolute atomic E-state index is 0.638. The van der Waals surface area contributed by atoms with Gasteiger partial charge in [0.15, 0.2) is 5.13 Å². The molecule has 2 unspecified atom stereocenters. The number of rotatable bonds is 4. The molecule has 1 fully saturated rings. The van der Waals surface area contributed by atoms with E-state index in [0.29, 0.717) is 6.04 Å². The Balaban J connectivity index is 2.21. The van der Waals surface area contributed by atoms with Crippen molar-refractivity contribution in [2.75, 3.05) is 18.5 Å². The molecule has 0 radical (unpaired) electrons. The summed E-state index contributed by atoms with van der Waals surface area (Å²) in [6, 6.07) is 0.638. The molecule has 0 bridgehead atoms. The third-order valence-electron chi connectivity index (χ3n) is 3.80. The normalized spacial score (nSPS) is 24.6. The zero-order chi connectivity index (χ0) is 13.1. The Labute approximate surface area is 115 Å². The molecule has 0 saturated carbocycles. The summed E-state index contributed by atoms with van der Waals surface area (Å²) < 4.78 is 0. The van der Waals surface area contributed by atoms with Crippen LogP contribution in [0.2, 0.25) is 0 Å². The smallest absolute Gasteiger partial charge is 0.186 e. The van der Waals surface area contributed by atoms with E-state index in [1.165, 1.54) is 28.5 Å². The fraction of sp³-hybridized carbons (Fsp3) is 0.786. The van der Waals surface area contributed by atoms with E-state index in [2.05, 4.69) is 31.0 Å². The average Bonchev–Trinajstić information content (AvgIpc) is 2.76. The molecule has 2 atom stereocenters. The summed E-state index contributed by atoms with van der Waals surface area (Å²) in [5.41, 5.74) is 1.27. The molecule has 1 aromatic heterocycles. The predicted octanol–water partition coefficient (Wildman–Crippen LogP) is 3.05. The molecule has 0 aliphatic carbocycles. The Morgan fingerprint density at radius 3 is 2.83 bits per heavy atom. The monoisotopic (exact) mass is 267 g/mol. The lowest BCUT2D eigenvalue weighted by Gasteiger charge is -2.36. The largest absolute Gasteiger partial charge is 0.345 e. The highest BCUT2D eigenvalue weighted by Gasteiger charge is 2.26.